The Balaban J connectivity index is 2.00. The summed E-state index contributed by atoms with van der Waals surface area (Å²) in [6, 6.07) is 8.21. The highest BCUT2D eigenvalue weighted by atomic mass is 35.5. The number of carbonyl (C=O) groups is 1. The van der Waals surface area contributed by atoms with Gasteiger partial charge >= 0.3 is 6.03 Å². The third-order valence-corrected chi connectivity index (χ3v) is 4.98. The summed E-state index contributed by atoms with van der Waals surface area (Å²) in [5, 5.41) is 0.367. The van der Waals surface area contributed by atoms with Crippen LogP contribution in [0.1, 0.15) is 36.1 Å². The van der Waals surface area contributed by atoms with Crippen molar-refractivity contribution in [3.05, 3.63) is 69.8 Å². The second kappa shape index (κ2) is 7.87. The second-order valence-corrected chi connectivity index (χ2v) is 6.84. The lowest BCUT2D eigenvalue weighted by molar-refractivity contribution is 0.199. The van der Waals surface area contributed by atoms with E-state index in [4.69, 9.17) is 17.3 Å². The highest BCUT2D eigenvalue weighted by molar-refractivity contribution is 6.30. The van der Waals surface area contributed by atoms with Gasteiger partial charge in [0.2, 0.25) is 0 Å². The van der Waals surface area contributed by atoms with E-state index in [9.17, 15) is 9.18 Å². The van der Waals surface area contributed by atoms with Crippen molar-refractivity contribution < 1.29 is 9.18 Å². The lowest BCUT2D eigenvalue weighted by Crippen LogP contribution is -2.43. The summed E-state index contributed by atoms with van der Waals surface area (Å²) in [6.07, 6.45) is 5.10. The second-order valence-electron chi connectivity index (χ2n) is 6.41. The van der Waals surface area contributed by atoms with Gasteiger partial charge in [0.05, 0.1) is 0 Å². The average Bonchev–Trinajstić information content (AvgIpc) is 2.64. The summed E-state index contributed by atoms with van der Waals surface area (Å²) >= 11 is 5.85. The number of hydrogen-bond donors (Lipinski definition) is 1. The van der Waals surface area contributed by atoms with Gasteiger partial charge in [-0.1, -0.05) is 36.2 Å². The number of benzene rings is 1. The van der Waals surface area contributed by atoms with Crippen molar-refractivity contribution in [2.75, 3.05) is 13.1 Å². The summed E-state index contributed by atoms with van der Waals surface area (Å²) in [7, 11) is 0. The van der Waals surface area contributed by atoms with E-state index in [2.05, 4.69) is 4.98 Å². The molecule has 1 aliphatic heterocycles. The fourth-order valence-electron chi connectivity index (χ4n) is 3.28. The zero-order valence-electron chi connectivity index (χ0n) is 14.6. The topological polar surface area (TPSA) is 59.2 Å². The van der Waals surface area contributed by atoms with Crippen molar-refractivity contribution >= 4 is 23.7 Å². The summed E-state index contributed by atoms with van der Waals surface area (Å²) in [5.74, 6) is -0.398. The number of hydrogen-bond acceptors (Lipinski definition) is 2. The van der Waals surface area contributed by atoms with Crippen molar-refractivity contribution in [2.24, 2.45) is 5.73 Å². The molecule has 0 spiro atoms. The zero-order chi connectivity index (χ0) is 18.7. The molecular formula is C20H21ClFN3O. The van der Waals surface area contributed by atoms with Crippen molar-refractivity contribution in [2.45, 2.75) is 25.7 Å². The van der Waals surface area contributed by atoms with Crippen LogP contribution in [0.4, 0.5) is 9.18 Å². The Hall–Kier alpha value is -2.40. The van der Waals surface area contributed by atoms with Crippen LogP contribution in [-0.4, -0.2) is 29.0 Å². The van der Waals surface area contributed by atoms with Crippen molar-refractivity contribution in [3.63, 3.8) is 0 Å². The molecule has 2 N–H and O–H groups in total. The number of urea groups is 1. The van der Waals surface area contributed by atoms with Gasteiger partial charge in [-0.25, -0.2) is 9.18 Å². The van der Waals surface area contributed by atoms with Crippen LogP contribution in [0.15, 0.2) is 42.1 Å². The standard InChI is InChI=1S/C20H21ClFN3O/c1-2-17-10-13(5-7-24-17)18-12-25(20(23)26)8-6-14(18)9-15-3-4-16(21)11-19(15)22/h3-5,7,9-11,18H,2,6,8,12H2,1H3,(H2,23,26). The maximum absolute atomic E-state index is 14.2. The number of nitrogens with zero attached hydrogens (tertiary/aromatic N) is 2. The molecule has 1 fully saturated rings. The first kappa shape index (κ1) is 18.4. The Bertz CT molecular complexity index is 853. The Labute approximate surface area is 157 Å². The van der Waals surface area contributed by atoms with Crippen LogP contribution >= 0.6 is 11.6 Å². The molecular weight excluding hydrogens is 353 g/mol. The Kier molecular flexibility index (Phi) is 5.57. The number of piperidine rings is 1. The number of aryl methyl sites for hydroxylation is 1. The van der Waals surface area contributed by atoms with E-state index in [1.165, 1.54) is 6.07 Å². The lowest BCUT2D eigenvalue weighted by Gasteiger charge is -2.34. The molecule has 2 heterocycles. The molecule has 6 heteroatoms. The van der Waals surface area contributed by atoms with Gasteiger partial charge < -0.3 is 10.6 Å². The van der Waals surface area contributed by atoms with E-state index in [0.29, 0.717) is 30.1 Å². The van der Waals surface area contributed by atoms with E-state index < -0.39 is 6.03 Å². The van der Waals surface area contributed by atoms with E-state index in [1.54, 1.807) is 23.2 Å². The maximum atomic E-state index is 14.2. The molecule has 1 unspecified atom stereocenters. The van der Waals surface area contributed by atoms with Gasteiger partial charge in [0.25, 0.3) is 0 Å². The fraction of sp³-hybridized carbons (Fsp3) is 0.300. The van der Waals surface area contributed by atoms with Gasteiger partial charge in [-0.05, 0) is 42.7 Å². The summed E-state index contributed by atoms with van der Waals surface area (Å²) in [4.78, 5) is 17.6. The normalized spacial score (nSPS) is 19.0. The monoisotopic (exact) mass is 373 g/mol. The molecule has 0 saturated carbocycles. The minimum atomic E-state index is -0.434. The Morgan fingerprint density at radius 2 is 2.23 bits per heavy atom. The van der Waals surface area contributed by atoms with Crippen LogP contribution in [0.3, 0.4) is 0 Å². The molecule has 1 saturated heterocycles. The predicted octanol–water partition coefficient (Wildman–Crippen LogP) is 4.39. The van der Waals surface area contributed by atoms with E-state index in [1.807, 2.05) is 25.1 Å². The van der Waals surface area contributed by atoms with Crippen LogP contribution in [0.2, 0.25) is 5.02 Å². The van der Waals surface area contributed by atoms with Crippen molar-refractivity contribution in [3.8, 4) is 0 Å². The molecule has 1 atom stereocenters. The first-order chi connectivity index (χ1) is 12.5. The summed E-state index contributed by atoms with van der Waals surface area (Å²) in [6.45, 7) is 3.05. The van der Waals surface area contributed by atoms with Gasteiger partial charge in [-0.2, -0.15) is 0 Å². The molecule has 26 heavy (non-hydrogen) atoms. The van der Waals surface area contributed by atoms with Crippen LogP contribution in [-0.2, 0) is 6.42 Å². The van der Waals surface area contributed by atoms with Gasteiger partial charge in [-0.3, -0.25) is 4.98 Å². The molecule has 1 aromatic heterocycles. The fourth-order valence-corrected chi connectivity index (χ4v) is 3.44. The SMILES string of the molecule is CCc1cc(C2CN(C(N)=O)CCC2=Cc2ccc(Cl)cc2F)ccn1. The summed E-state index contributed by atoms with van der Waals surface area (Å²) in [5.41, 5.74) is 9.08. The maximum Gasteiger partial charge on any atom is 0.314 e. The molecule has 3 rings (SSSR count). The van der Waals surface area contributed by atoms with E-state index in [-0.39, 0.29) is 11.7 Å². The predicted molar refractivity (Wildman–Crippen MR) is 102 cm³/mol. The van der Waals surface area contributed by atoms with E-state index >= 15 is 0 Å². The minimum absolute atomic E-state index is 0.0420. The van der Waals surface area contributed by atoms with Crippen LogP contribution < -0.4 is 5.73 Å². The van der Waals surface area contributed by atoms with Gasteiger partial charge in [-0.15, -0.1) is 0 Å². The molecule has 1 aromatic carbocycles. The van der Waals surface area contributed by atoms with Crippen LogP contribution in [0, 0.1) is 5.82 Å². The molecule has 0 aliphatic carbocycles. The molecule has 0 radical (unpaired) electrons. The average molecular weight is 374 g/mol. The smallest absolute Gasteiger partial charge is 0.314 e. The van der Waals surface area contributed by atoms with Crippen LogP contribution in [0.5, 0.6) is 0 Å². The van der Waals surface area contributed by atoms with Crippen molar-refractivity contribution in [1.29, 1.82) is 0 Å². The first-order valence-corrected chi connectivity index (χ1v) is 9.00. The minimum Gasteiger partial charge on any atom is -0.351 e. The van der Waals surface area contributed by atoms with Gasteiger partial charge in [0.1, 0.15) is 5.82 Å². The van der Waals surface area contributed by atoms with Gasteiger partial charge in [0.15, 0.2) is 0 Å². The number of halogens is 2. The number of amides is 2. The van der Waals surface area contributed by atoms with E-state index in [0.717, 1.165) is 23.3 Å². The number of aromatic nitrogens is 1. The molecule has 1 aliphatic rings. The number of nitrogens with two attached hydrogens (primary N) is 1. The molecule has 136 valence electrons. The Morgan fingerprint density at radius 1 is 1.42 bits per heavy atom. The number of pyridine rings is 1. The quantitative estimate of drug-likeness (QED) is 0.867. The lowest BCUT2D eigenvalue weighted by atomic mass is 9.84. The highest BCUT2D eigenvalue weighted by Gasteiger charge is 2.27. The summed E-state index contributed by atoms with van der Waals surface area (Å²) < 4.78 is 14.2. The van der Waals surface area contributed by atoms with Crippen molar-refractivity contribution in [1.82, 2.24) is 9.88 Å². The zero-order valence-corrected chi connectivity index (χ0v) is 15.3. The third kappa shape index (κ3) is 4.05. The number of primary amides is 1. The molecule has 2 amide bonds. The largest absolute Gasteiger partial charge is 0.351 e. The number of rotatable bonds is 3. The molecule has 4 nitrogen and oxygen atoms in total. The van der Waals surface area contributed by atoms with Gasteiger partial charge in [0, 0.05) is 41.5 Å². The highest BCUT2D eigenvalue weighted by Crippen LogP contribution is 2.34. The molecule has 0 bridgehead atoms. The Morgan fingerprint density at radius 3 is 2.92 bits per heavy atom. The van der Waals surface area contributed by atoms with Crippen LogP contribution in [0.25, 0.3) is 6.08 Å². The first-order valence-electron chi connectivity index (χ1n) is 8.62. The third-order valence-electron chi connectivity index (χ3n) is 4.74. The number of carbonyl (C=O) groups excluding carboxylic acids is 1. The number of likely N-dealkylation sites (tertiary alicyclic amines) is 1. The molecule has 2 aromatic rings.